The molecule has 1 heterocycles. The Balaban J connectivity index is 1.99. The van der Waals surface area contributed by atoms with Crippen molar-refractivity contribution in [1.29, 1.82) is 0 Å². The third-order valence-electron chi connectivity index (χ3n) is 3.22. The molecule has 0 saturated carbocycles. The maximum absolute atomic E-state index is 12.2. The van der Waals surface area contributed by atoms with Crippen LogP contribution in [0.15, 0.2) is 23.1 Å². The number of sulfonamides is 1. The quantitative estimate of drug-likeness (QED) is 0.849. The second-order valence-electron chi connectivity index (χ2n) is 6.37. The highest BCUT2D eigenvalue weighted by Gasteiger charge is 2.19. The van der Waals surface area contributed by atoms with E-state index in [1.165, 1.54) is 6.07 Å². The highest BCUT2D eigenvalue weighted by molar-refractivity contribution is 7.89. The zero-order valence-corrected chi connectivity index (χ0v) is 13.6. The van der Waals surface area contributed by atoms with Gasteiger partial charge in [0.25, 0.3) is 0 Å². The lowest BCUT2D eigenvalue weighted by molar-refractivity contribution is 0.171. The maximum Gasteiger partial charge on any atom is 0.240 e. The van der Waals surface area contributed by atoms with Crippen LogP contribution in [0, 0.1) is 5.41 Å². The monoisotopic (exact) mass is 313 g/mol. The minimum absolute atomic E-state index is 0.211. The average Bonchev–Trinajstić information content (AvgIpc) is 2.42. The van der Waals surface area contributed by atoms with Crippen molar-refractivity contribution in [2.24, 2.45) is 5.41 Å². The normalized spacial score (nSPS) is 15.0. The fourth-order valence-corrected chi connectivity index (χ4v) is 3.19. The van der Waals surface area contributed by atoms with Gasteiger partial charge in [-0.2, -0.15) is 0 Å². The molecule has 0 radical (unpaired) electrons. The number of hydrogen-bond donors (Lipinski definition) is 1. The summed E-state index contributed by atoms with van der Waals surface area (Å²) in [7, 11) is -3.50. The lowest BCUT2D eigenvalue weighted by Gasteiger charge is -2.19. The van der Waals surface area contributed by atoms with E-state index < -0.39 is 10.0 Å². The van der Waals surface area contributed by atoms with Crippen LogP contribution in [-0.2, 0) is 10.0 Å². The summed E-state index contributed by atoms with van der Waals surface area (Å²) >= 11 is 0. The Morgan fingerprint density at radius 2 is 1.81 bits per heavy atom. The minimum atomic E-state index is -3.50. The summed E-state index contributed by atoms with van der Waals surface area (Å²) in [6.07, 6.45) is 1.78. The summed E-state index contributed by atoms with van der Waals surface area (Å²) in [6, 6.07) is 4.69. The number of rotatable bonds is 5. The lowest BCUT2D eigenvalue weighted by Crippen LogP contribution is -2.26. The second kappa shape index (κ2) is 6.23. The van der Waals surface area contributed by atoms with Crippen LogP contribution in [0.2, 0.25) is 0 Å². The van der Waals surface area contributed by atoms with Crippen molar-refractivity contribution >= 4 is 10.0 Å². The molecule has 0 atom stereocenters. The van der Waals surface area contributed by atoms with Crippen molar-refractivity contribution in [2.45, 2.75) is 38.5 Å². The van der Waals surface area contributed by atoms with Crippen molar-refractivity contribution < 1.29 is 17.9 Å². The smallest absolute Gasteiger partial charge is 0.240 e. The molecule has 1 N–H and O–H groups in total. The molecule has 118 valence electrons. The SMILES string of the molecule is CC(C)(C)CCCNS(=O)(=O)c1ccc2c(c1)OCCO2. The molecule has 0 aromatic heterocycles. The number of hydrogen-bond acceptors (Lipinski definition) is 4. The van der Waals surface area contributed by atoms with Crippen LogP contribution in [-0.4, -0.2) is 28.2 Å². The summed E-state index contributed by atoms with van der Waals surface area (Å²) in [5.74, 6) is 1.08. The highest BCUT2D eigenvalue weighted by Crippen LogP contribution is 2.32. The maximum atomic E-state index is 12.2. The first-order valence-corrected chi connectivity index (χ1v) is 8.66. The Kier molecular flexibility index (Phi) is 4.78. The molecule has 6 heteroatoms. The third-order valence-corrected chi connectivity index (χ3v) is 4.68. The Hall–Kier alpha value is -1.27. The molecular formula is C15H23NO4S. The molecule has 0 spiro atoms. The fraction of sp³-hybridized carbons (Fsp3) is 0.600. The Bertz CT molecular complexity index is 590. The van der Waals surface area contributed by atoms with E-state index in [0.29, 0.717) is 31.3 Å². The van der Waals surface area contributed by atoms with Gasteiger partial charge in [0.1, 0.15) is 13.2 Å². The number of benzene rings is 1. The molecule has 1 aliphatic heterocycles. The number of ether oxygens (including phenoxy) is 2. The third kappa shape index (κ3) is 4.61. The molecule has 0 unspecified atom stereocenters. The average molecular weight is 313 g/mol. The van der Waals surface area contributed by atoms with Gasteiger partial charge in [-0.05, 0) is 30.4 Å². The van der Waals surface area contributed by atoms with Gasteiger partial charge in [-0.25, -0.2) is 13.1 Å². The standard InChI is InChI=1S/C15H23NO4S/c1-15(2,3)7-4-8-16-21(17,18)12-5-6-13-14(11-12)20-10-9-19-13/h5-6,11,16H,4,7-10H2,1-3H3. The molecule has 0 saturated heterocycles. The van der Waals surface area contributed by atoms with E-state index in [1.807, 2.05) is 0 Å². The molecule has 0 fully saturated rings. The zero-order valence-electron chi connectivity index (χ0n) is 12.8. The van der Waals surface area contributed by atoms with Gasteiger partial charge >= 0.3 is 0 Å². The van der Waals surface area contributed by atoms with Crippen molar-refractivity contribution in [2.75, 3.05) is 19.8 Å². The van der Waals surface area contributed by atoms with Crippen LogP contribution in [0.3, 0.4) is 0 Å². The van der Waals surface area contributed by atoms with Gasteiger partial charge < -0.3 is 9.47 Å². The summed E-state index contributed by atoms with van der Waals surface area (Å²) < 4.78 is 37.9. The van der Waals surface area contributed by atoms with Crippen LogP contribution < -0.4 is 14.2 Å². The number of nitrogens with one attached hydrogen (secondary N) is 1. The molecule has 0 bridgehead atoms. The molecule has 1 aromatic rings. The minimum Gasteiger partial charge on any atom is -0.486 e. The second-order valence-corrected chi connectivity index (χ2v) is 8.13. The summed E-state index contributed by atoms with van der Waals surface area (Å²) in [5, 5.41) is 0. The molecular weight excluding hydrogens is 290 g/mol. The zero-order chi connectivity index (χ0) is 15.5. The molecule has 2 rings (SSSR count). The number of fused-ring (bicyclic) bond motifs is 1. The van der Waals surface area contributed by atoms with Gasteiger partial charge in [0.15, 0.2) is 11.5 Å². The van der Waals surface area contributed by atoms with Gasteiger partial charge in [0, 0.05) is 12.6 Å². The van der Waals surface area contributed by atoms with Gasteiger partial charge in [0.2, 0.25) is 10.0 Å². The van der Waals surface area contributed by atoms with Crippen molar-refractivity contribution in [3.63, 3.8) is 0 Å². The Morgan fingerprint density at radius 1 is 1.14 bits per heavy atom. The fourth-order valence-electron chi connectivity index (χ4n) is 2.10. The molecule has 0 amide bonds. The topological polar surface area (TPSA) is 64.6 Å². The van der Waals surface area contributed by atoms with Crippen molar-refractivity contribution in [3.05, 3.63) is 18.2 Å². The first kappa shape index (κ1) is 16.1. The van der Waals surface area contributed by atoms with Crippen LogP contribution in [0.4, 0.5) is 0 Å². The van der Waals surface area contributed by atoms with Crippen molar-refractivity contribution in [1.82, 2.24) is 4.72 Å². The summed E-state index contributed by atoms with van der Waals surface area (Å²) in [5.41, 5.74) is 0.211. The largest absolute Gasteiger partial charge is 0.486 e. The van der Waals surface area contributed by atoms with E-state index >= 15 is 0 Å². The van der Waals surface area contributed by atoms with Crippen LogP contribution >= 0.6 is 0 Å². The predicted molar refractivity (Wildman–Crippen MR) is 81.3 cm³/mol. The first-order valence-electron chi connectivity index (χ1n) is 7.17. The van der Waals surface area contributed by atoms with Gasteiger partial charge in [-0.1, -0.05) is 20.8 Å². The van der Waals surface area contributed by atoms with E-state index in [9.17, 15) is 8.42 Å². The Labute approximate surface area is 126 Å². The summed E-state index contributed by atoms with van der Waals surface area (Å²) in [4.78, 5) is 0.211. The Morgan fingerprint density at radius 3 is 2.48 bits per heavy atom. The summed E-state index contributed by atoms with van der Waals surface area (Å²) in [6.45, 7) is 7.79. The molecule has 0 aliphatic carbocycles. The van der Waals surface area contributed by atoms with Gasteiger partial charge in [0.05, 0.1) is 4.90 Å². The van der Waals surface area contributed by atoms with Crippen molar-refractivity contribution in [3.8, 4) is 11.5 Å². The van der Waals surface area contributed by atoms with E-state index in [2.05, 4.69) is 25.5 Å². The van der Waals surface area contributed by atoms with Gasteiger partial charge in [-0.3, -0.25) is 0 Å². The molecule has 5 nitrogen and oxygen atoms in total. The van der Waals surface area contributed by atoms with Crippen LogP contribution in [0.1, 0.15) is 33.6 Å². The van der Waals surface area contributed by atoms with E-state index in [0.717, 1.165) is 12.8 Å². The molecule has 1 aliphatic rings. The van der Waals surface area contributed by atoms with E-state index in [4.69, 9.17) is 9.47 Å². The van der Waals surface area contributed by atoms with Gasteiger partial charge in [-0.15, -0.1) is 0 Å². The predicted octanol–water partition coefficient (Wildman–Crippen LogP) is 2.56. The molecule has 21 heavy (non-hydrogen) atoms. The van der Waals surface area contributed by atoms with E-state index in [-0.39, 0.29) is 10.3 Å². The van der Waals surface area contributed by atoms with E-state index in [1.54, 1.807) is 12.1 Å². The lowest BCUT2D eigenvalue weighted by atomic mass is 9.91. The first-order chi connectivity index (χ1) is 9.78. The highest BCUT2D eigenvalue weighted by atomic mass is 32.2. The molecule has 1 aromatic carbocycles. The van der Waals surface area contributed by atoms with Crippen LogP contribution in [0.5, 0.6) is 11.5 Å². The van der Waals surface area contributed by atoms with Crippen LogP contribution in [0.25, 0.3) is 0 Å².